The molecule has 0 spiro atoms. The first-order chi connectivity index (χ1) is 12.7. The summed E-state index contributed by atoms with van der Waals surface area (Å²) in [6, 6.07) is 18.2. The van der Waals surface area contributed by atoms with Gasteiger partial charge >= 0.3 is 0 Å². The van der Waals surface area contributed by atoms with Crippen molar-refractivity contribution in [3.05, 3.63) is 71.4 Å². The van der Waals surface area contributed by atoms with E-state index in [2.05, 4.69) is 17.4 Å². The third kappa shape index (κ3) is 2.34. The molecule has 1 aliphatic heterocycles. The van der Waals surface area contributed by atoms with Crippen LogP contribution in [-0.2, 0) is 4.79 Å². The van der Waals surface area contributed by atoms with Crippen molar-refractivity contribution < 1.29 is 4.79 Å². The van der Waals surface area contributed by atoms with Crippen LogP contribution in [0.5, 0.6) is 0 Å². The molecule has 5 nitrogen and oxygen atoms in total. The van der Waals surface area contributed by atoms with Crippen LogP contribution in [-0.4, -0.2) is 20.7 Å². The predicted molar refractivity (Wildman–Crippen MR) is 103 cm³/mol. The molecule has 0 fully saturated rings. The molecule has 5 rings (SSSR count). The number of amides is 1. The van der Waals surface area contributed by atoms with Crippen molar-refractivity contribution in [2.75, 3.05) is 5.32 Å². The second-order valence-electron chi connectivity index (χ2n) is 6.44. The number of rotatable bonds is 2. The Balaban J connectivity index is 1.69. The van der Waals surface area contributed by atoms with Gasteiger partial charge in [0.05, 0.1) is 15.9 Å². The van der Waals surface area contributed by atoms with Crippen LogP contribution in [0.3, 0.4) is 0 Å². The lowest BCUT2D eigenvalue weighted by atomic mass is 9.86. The molecule has 128 valence electrons. The first-order valence-corrected chi connectivity index (χ1v) is 9.32. The molecule has 3 heterocycles. The molecule has 1 amide bonds. The van der Waals surface area contributed by atoms with Crippen LogP contribution in [0.4, 0.5) is 5.82 Å². The summed E-state index contributed by atoms with van der Waals surface area (Å²) in [5.74, 6) is 0.767. The van der Waals surface area contributed by atoms with Gasteiger partial charge in [-0.3, -0.25) is 4.79 Å². The van der Waals surface area contributed by atoms with Gasteiger partial charge in [-0.05, 0) is 24.6 Å². The molecule has 1 aliphatic rings. The number of nitrogens with one attached hydrogen (secondary N) is 1. The third-order valence-corrected chi connectivity index (χ3v) is 5.78. The summed E-state index contributed by atoms with van der Waals surface area (Å²) in [5.41, 5.74) is 4.08. The van der Waals surface area contributed by atoms with Gasteiger partial charge < -0.3 is 5.32 Å². The molecule has 0 aliphatic carbocycles. The monoisotopic (exact) mass is 360 g/mol. The third-order valence-electron chi connectivity index (χ3n) is 4.77. The number of anilines is 1. The van der Waals surface area contributed by atoms with Crippen molar-refractivity contribution in [2.24, 2.45) is 0 Å². The number of carbonyl (C=O) groups excluding carboxylic acids is 1. The maximum atomic E-state index is 12.4. The number of thiazole rings is 1. The first-order valence-electron chi connectivity index (χ1n) is 8.51. The Morgan fingerprint density at radius 2 is 1.88 bits per heavy atom. The van der Waals surface area contributed by atoms with Gasteiger partial charge in [0.2, 0.25) is 11.0 Å². The van der Waals surface area contributed by atoms with Crippen LogP contribution in [0.15, 0.2) is 54.6 Å². The van der Waals surface area contributed by atoms with Crippen LogP contribution in [0.1, 0.15) is 29.2 Å². The Labute approximate surface area is 154 Å². The van der Waals surface area contributed by atoms with E-state index >= 15 is 0 Å². The van der Waals surface area contributed by atoms with Gasteiger partial charge in [0.1, 0.15) is 5.82 Å². The lowest BCUT2D eigenvalue weighted by Gasteiger charge is -2.24. The van der Waals surface area contributed by atoms with Gasteiger partial charge in [0.15, 0.2) is 0 Å². The van der Waals surface area contributed by atoms with Gasteiger partial charge in [-0.15, -0.1) is 0 Å². The minimum absolute atomic E-state index is 0.00798. The maximum absolute atomic E-state index is 12.4. The Morgan fingerprint density at radius 3 is 2.69 bits per heavy atom. The molecule has 0 saturated heterocycles. The molecule has 2 aromatic carbocycles. The molecule has 1 atom stereocenters. The topological polar surface area (TPSA) is 59.8 Å². The molecule has 6 heteroatoms. The average Bonchev–Trinajstić information content (AvgIpc) is 3.23. The number of para-hydroxylation sites is 1. The highest BCUT2D eigenvalue weighted by molar-refractivity contribution is 7.20. The summed E-state index contributed by atoms with van der Waals surface area (Å²) in [7, 11) is 0. The summed E-state index contributed by atoms with van der Waals surface area (Å²) in [4.78, 5) is 17.1. The molecular weight excluding hydrogens is 344 g/mol. The number of fused-ring (bicyclic) bond motifs is 2. The fraction of sp³-hybridized carbons (Fsp3) is 0.150. The van der Waals surface area contributed by atoms with Crippen molar-refractivity contribution in [1.82, 2.24) is 14.8 Å². The van der Waals surface area contributed by atoms with Gasteiger partial charge in [0.25, 0.3) is 0 Å². The van der Waals surface area contributed by atoms with E-state index in [0.29, 0.717) is 6.42 Å². The van der Waals surface area contributed by atoms with Crippen molar-refractivity contribution in [2.45, 2.75) is 19.3 Å². The van der Waals surface area contributed by atoms with E-state index < -0.39 is 0 Å². The molecule has 26 heavy (non-hydrogen) atoms. The average molecular weight is 360 g/mol. The lowest BCUT2D eigenvalue weighted by Crippen LogP contribution is -2.24. The van der Waals surface area contributed by atoms with Crippen molar-refractivity contribution in [3.63, 3.8) is 0 Å². The van der Waals surface area contributed by atoms with Crippen molar-refractivity contribution >= 4 is 33.3 Å². The van der Waals surface area contributed by atoms with E-state index in [0.717, 1.165) is 38.0 Å². The Kier molecular flexibility index (Phi) is 3.39. The fourth-order valence-corrected chi connectivity index (χ4v) is 4.53. The van der Waals surface area contributed by atoms with Gasteiger partial charge in [0, 0.05) is 17.9 Å². The molecule has 0 bridgehead atoms. The van der Waals surface area contributed by atoms with Gasteiger partial charge in [-0.1, -0.05) is 53.8 Å². The zero-order valence-electron chi connectivity index (χ0n) is 14.1. The second-order valence-corrected chi connectivity index (χ2v) is 7.45. The number of aryl methyl sites for hydroxylation is 1. The zero-order chi connectivity index (χ0) is 17.7. The largest absolute Gasteiger partial charge is 0.310 e. The van der Waals surface area contributed by atoms with Crippen molar-refractivity contribution in [1.29, 1.82) is 0 Å². The van der Waals surface area contributed by atoms with E-state index in [9.17, 15) is 4.79 Å². The quantitative estimate of drug-likeness (QED) is 0.581. The summed E-state index contributed by atoms with van der Waals surface area (Å²) in [5, 5.41) is 8.51. The number of hydrogen-bond donors (Lipinski definition) is 1. The van der Waals surface area contributed by atoms with E-state index in [4.69, 9.17) is 10.1 Å². The zero-order valence-corrected chi connectivity index (χ0v) is 15.0. The maximum Gasteiger partial charge on any atom is 0.226 e. The summed E-state index contributed by atoms with van der Waals surface area (Å²) in [6.07, 6.45) is 0.434. The standard InChI is InChI=1S/C20H16N4OS/c1-12-18-14(13-7-3-2-4-8-13)11-17(25)22-19(18)24(23-12)20-21-15-9-5-6-10-16(15)26-20/h2-10,14H,11H2,1H3,(H,22,25). The van der Waals surface area contributed by atoms with Crippen molar-refractivity contribution in [3.8, 4) is 5.13 Å². The Morgan fingerprint density at radius 1 is 1.12 bits per heavy atom. The number of hydrogen-bond acceptors (Lipinski definition) is 4. The lowest BCUT2D eigenvalue weighted by molar-refractivity contribution is -0.116. The van der Waals surface area contributed by atoms with E-state index in [1.807, 2.05) is 49.4 Å². The summed E-state index contributed by atoms with van der Waals surface area (Å²) in [6.45, 7) is 2.00. The highest BCUT2D eigenvalue weighted by atomic mass is 32.1. The Bertz CT molecular complexity index is 1100. The fourth-order valence-electron chi connectivity index (χ4n) is 3.61. The molecule has 0 radical (unpaired) electrons. The minimum atomic E-state index is 0.00798. The predicted octanol–water partition coefficient (Wildman–Crippen LogP) is 4.26. The number of carbonyl (C=O) groups is 1. The normalized spacial score (nSPS) is 16.5. The van der Waals surface area contributed by atoms with Gasteiger partial charge in [-0.25, -0.2) is 4.98 Å². The van der Waals surface area contributed by atoms with E-state index in [1.54, 1.807) is 16.0 Å². The molecule has 0 saturated carbocycles. The highest BCUT2D eigenvalue weighted by Gasteiger charge is 2.33. The first kappa shape index (κ1) is 15.3. The number of benzene rings is 2. The van der Waals surface area contributed by atoms with Crippen LogP contribution in [0.2, 0.25) is 0 Å². The molecule has 4 aromatic rings. The SMILES string of the molecule is Cc1nn(-c2nc3ccccc3s2)c2c1C(c1ccccc1)CC(=O)N2. The highest BCUT2D eigenvalue weighted by Crippen LogP contribution is 2.40. The van der Waals surface area contributed by atoms with Crippen LogP contribution < -0.4 is 5.32 Å². The van der Waals surface area contributed by atoms with E-state index in [1.165, 1.54) is 0 Å². The summed E-state index contributed by atoms with van der Waals surface area (Å²) >= 11 is 1.57. The molecule has 1 N–H and O–H groups in total. The van der Waals surface area contributed by atoms with Gasteiger partial charge in [-0.2, -0.15) is 9.78 Å². The number of nitrogens with zero attached hydrogens (tertiary/aromatic N) is 3. The smallest absolute Gasteiger partial charge is 0.226 e. The Hall–Kier alpha value is -2.99. The molecular formula is C20H16N4OS. The second kappa shape index (κ2) is 5.78. The molecule has 2 aromatic heterocycles. The number of aromatic nitrogens is 3. The summed E-state index contributed by atoms with van der Waals surface area (Å²) < 4.78 is 2.88. The van der Waals surface area contributed by atoms with E-state index in [-0.39, 0.29) is 11.8 Å². The van der Waals surface area contributed by atoms with Crippen LogP contribution in [0.25, 0.3) is 15.3 Å². The van der Waals surface area contributed by atoms with Crippen LogP contribution >= 0.6 is 11.3 Å². The minimum Gasteiger partial charge on any atom is -0.310 e. The van der Waals surface area contributed by atoms with Crippen LogP contribution in [0, 0.1) is 6.92 Å². The molecule has 1 unspecified atom stereocenters.